The molecule has 0 aliphatic heterocycles. The first-order valence-corrected chi connectivity index (χ1v) is 5.04. The zero-order valence-corrected chi connectivity index (χ0v) is 8.10. The highest BCUT2D eigenvalue weighted by molar-refractivity contribution is 7.10. The lowest BCUT2D eigenvalue weighted by Crippen LogP contribution is -2.10. The fourth-order valence-electron chi connectivity index (χ4n) is 1.21. The van der Waals surface area contributed by atoms with Gasteiger partial charge in [-0.25, -0.2) is 0 Å². The minimum Gasteiger partial charge on any atom is -0.396 e. The van der Waals surface area contributed by atoms with E-state index in [-0.39, 0.29) is 12.6 Å². The van der Waals surface area contributed by atoms with Crippen LogP contribution >= 0.6 is 11.3 Å². The second-order valence-corrected chi connectivity index (χ2v) is 3.89. The predicted molar refractivity (Wildman–Crippen MR) is 52.3 cm³/mol. The van der Waals surface area contributed by atoms with Gasteiger partial charge in [0.2, 0.25) is 0 Å². The van der Waals surface area contributed by atoms with Gasteiger partial charge < -0.3 is 10.8 Å². The van der Waals surface area contributed by atoms with Crippen molar-refractivity contribution < 1.29 is 5.11 Å². The summed E-state index contributed by atoms with van der Waals surface area (Å²) in [7, 11) is 0. The fourth-order valence-corrected chi connectivity index (χ4v) is 2.17. The van der Waals surface area contributed by atoms with Crippen molar-refractivity contribution in [1.82, 2.24) is 0 Å². The van der Waals surface area contributed by atoms with Crippen molar-refractivity contribution in [3.05, 3.63) is 21.9 Å². The Morgan fingerprint density at radius 3 is 2.92 bits per heavy atom. The zero-order chi connectivity index (χ0) is 8.97. The van der Waals surface area contributed by atoms with Gasteiger partial charge in [-0.3, -0.25) is 0 Å². The van der Waals surface area contributed by atoms with Crippen LogP contribution in [0.2, 0.25) is 0 Å². The molecule has 0 saturated carbocycles. The Kier molecular flexibility index (Phi) is 3.72. The monoisotopic (exact) mass is 185 g/mol. The van der Waals surface area contributed by atoms with Crippen LogP contribution in [0.4, 0.5) is 0 Å². The van der Waals surface area contributed by atoms with Gasteiger partial charge in [0, 0.05) is 17.5 Å². The molecule has 0 aromatic carbocycles. The van der Waals surface area contributed by atoms with E-state index in [0.29, 0.717) is 0 Å². The first-order valence-electron chi connectivity index (χ1n) is 4.16. The Morgan fingerprint density at radius 1 is 1.67 bits per heavy atom. The molecule has 1 aromatic rings. The average Bonchev–Trinajstić information content (AvgIpc) is 2.47. The second kappa shape index (κ2) is 4.60. The van der Waals surface area contributed by atoms with Crippen LogP contribution in [0.5, 0.6) is 0 Å². The fraction of sp³-hybridized carbons (Fsp3) is 0.556. The maximum atomic E-state index is 8.63. The van der Waals surface area contributed by atoms with Gasteiger partial charge in [0.1, 0.15) is 0 Å². The maximum Gasteiger partial charge on any atom is 0.0431 e. The van der Waals surface area contributed by atoms with Gasteiger partial charge in [-0.05, 0) is 36.8 Å². The molecule has 0 spiro atoms. The second-order valence-electron chi connectivity index (χ2n) is 2.94. The number of hydrogen-bond acceptors (Lipinski definition) is 3. The third-order valence-corrected chi connectivity index (χ3v) is 3.06. The molecule has 1 atom stereocenters. The van der Waals surface area contributed by atoms with Crippen molar-refractivity contribution >= 4 is 11.3 Å². The number of aryl methyl sites for hydroxylation is 1. The Bertz CT molecular complexity index is 234. The molecule has 1 aromatic heterocycles. The molecule has 68 valence electrons. The van der Waals surface area contributed by atoms with Crippen molar-refractivity contribution in [1.29, 1.82) is 0 Å². The SMILES string of the molecule is Cc1ccsc1C(N)CCCO. The molecular weight excluding hydrogens is 170 g/mol. The first-order chi connectivity index (χ1) is 5.75. The summed E-state index contributed by atoms with van der Waals surface area (Å²) in [5.74, 6) is 0. The van der Waals surface area contributed by atoms with E-state index in [0.717, 1.165) is 12.8 Å². The van der Waals surface area contributed by atoms with Crippen LogP contribution in [0.1, 0.15) is 29.3 Å². The number of nitrogens with two attached hydrogens (primary N) is 1. The van der Waals surface area contributed by atoms with Crippen LogP contribution in [-0.4, -0.2) is 11.7 Å². The topological polar surface area (TPSA) is 46.2 Å². The quantitative estimate of drug-likeness (QED) is 0.751. The standard InChI is InChI=1S/C9H15NOS/c1-7-4-6-12-9(7)8(10)3-2-5-11/h4,6,8,11H,2-3,5,10H2,1H3. The van der Waals surface area contributed by atoms with Gasteiger partial charge >= 0.3 is 0 Å². The lowest BCUT2D eigenvalue weighted by Gasteiger charge is -2.09. The molecule has 0 radical (unpaired) electrons. The van der Waals surface area contributed by atoms with E-state index in [1.807, 2.05) is 0 Å². The largest absolute Gasteiger partial charge is 0.396 e. The van der Waals surface area contributed by atoms with Gasteiger partial charge in [0.25, 0.3) is 0 Å². The van der Waals surface area contributed by atoms with E-state index < -0.39 is 0 Å². The smallest absolute Gasteiger partial charge is 0.0431 e. The highest BCUT2D eigenvalue weighted by atomic mass is 32.1. The molecule has 0 saturated heterocycles. The van der Waals surface area contributed by atoms with Crippen molar-refractivity contribution in [3.8, 4) is 0 Å². The van der Waals surface area contributed by atoms with Crippen LogP contribution in [0.25, 0.3) is 0 Å². The highest BCUT2D eigenvalue weighted by Crippen LogP contribution is 2.24. The Labute approximate surface area is 77.0 Å². The Balaban J connectivity index is 2.52. The molecule has 12 heavy (non-hydrogen) atoms. The molecule has 3 N–H and O–H groups in total. The van der Waals surface area contributed by atoms with Crippen LogP contribution in [0.15, 0.2) is 11.4 Å². The number of thiophene rings is 1. The van der Waals surface area contributed by atoms with Crippen LogP contribution in [-0.2, 0) is 0 Å². The van der Waals surface area contributed by atoms with Gasteiger partial charge in [-0.1, -0.05) is 0 Å². The summed E-state index contributed by atoms with van der Waals surface area (Å²) in [6, 6.07) is 2.19. The normalized spacial score (nSPS) is 13.2. The molecule has 3 heteroatoms. The average molecular weight is 185 g/mol. The van der Waals surface area contributed by atoms with E-state index in [4.69, 9.17) is 10.8 Å². The molecule has 0 aliphatic carbocycles. The van der Waals surface area contributed by atoms with E-state index in [2.05, 4.69) is 18.4 Å². The third-order valence-electron chi connectivity index (χ3n) is 1.91. The minimum atomic E-state index is 0.108. The predicted octanol–water partition coefficient (Wildman–Crippen LogP) is 1.83. The Morgan fingerprint density at radius 2 is 2.42 bits per heavy atom. The summed E-state index contributed by atoms with van der Waals surface area (Å²) in [6.07, 6.45) is 1.66. The summed E-state index contributed by atoms with van der Waals surface area (Å²) in [6.45, 7) is 2.31. The van der Waals surface area contributed by atoms with E-state index in [1.54, 1.807) is 11.3 Å². The summed E-state index contributed by atoms with van der Waals surface area (Å²) < 4.78 is 0. The van der Waals surface area contributed by atoms with Gasteiger partial charge in [-0.15, -0.1) is 11.3 Å². The van der Waals surface area contributed by atoms with Crippen LogP contribution < -0.4 is 5.73 Å². The molecule has 0 bridgehead atoms. The van der Waals surface area contributed by atoms with Gasteiger partial charge in [0.05, 0.1) is 0 Å². The molecule has 1 heterocycles. The lowest BCUT2D eigenvalue weighted by molar-refractivity contribution is 0.280. The molecule has 1 unspecified atom stereocenters. The number of hydrogen-bond donors (Lipinski definition) is 2. The van der Waals surface area contributed by atoms with E-state index in [9.17, 15) is 0 Å². The lowest BCUT2D eigenvalue weighted by atomic mass is 10.1. The summed E-state index contributed by atoms with van der Waals surface area (Å²) in [4.78, 5) is 1.25. The molecule has 0 fully saturated rings. The molecule has 0 amide bonds. The van der Waals surface area contributed by atoms with Crippen molar-refractivity contribution in [2.24, 2.45) is 5.73 Å². The van der Waals surface area contributed by atoms with Crippen LogP contribution in [0.3, 0.4) is 0 Å². The zero-order valence-electron chi connectivity index (χ0n) is 7.29. The summed E-state index contributed by atoms with van der Waals surface area (Å²) in [5, 5.41) is 10.7. The summed E-state index contributed by atoms with van der Waals surface area (Å²) >= 11 is 1.70. The van der Waals surface area contributed by atoms with Gasteiger partial charge in [-0.2, -0.15) is 0 Å². The van der Waals surface area contributed by atoms with Gasteiger partial charge in [0.15, 0.2) is 0 Å². The van der Waals surface area contributed by atoms with Crippen molar-refractivity contribution in [2.45, 2.75) is 25.8 Å². The van der Waals surface area contributed by atoms with E-state index in [1.165, 1.54) is 10.4 Å². The first kappa shape index (κ1) is 9.71. The highest BCUT2D eigenvalue weighted by Gasteiger charge is 2.08. The maximum absolute atomic E-state index is 8.63. The number of rotatable bonds is 4. The van der Waals surface area contributed by atoms with Crippen LogP contribution in [0, 0.1) is 6.92 Å². The van der Waals surface area contributed by atoms with E-state index >= 15 is 0 Å². The molecule has 1 rings (SSSR count). The molecule has 2 nitrogen and oxygen atoms in total. The minimum absolute atomic E-state index is 0.108. The van der Waals surface area contributed by atoms with Crippen molar-refractivity contribution in [2.75, 3.05) is 6.61 Å². The Hall–Kier alpha value is -0.380. The summed E-state index contributed by atoms with van der Waals surface area (Å²) in [5.41, 5.74) is 7.19. The van der Waals surface area contributed by atoms with Crippen molar-refractivity contribution in [3.63, 3.8) is 0 Å². The molecular formula is C9H15NOS. The number of aliphatic hydroxyl groups is 1. The molecule has 0 aliphatic rings. The third kappa shape index (κ3) is 2.30. The number of aliphatic hydroxyl groups excluding tert-OH is 1.